The van der Waals surface area contributed by atoms with Gasteiger partial charge < -0.3 is 29.9 Å². The molecule has 2 N–H and O–H groups in total. The molecule has 0 aromatic carbocycles. The number of amides is 3. The second-order valence-corrected chi connectivity index (χ2v) is 14.8. The zero-order valence-corrected chi connectivity index (χ0v) is 28.2. The highest BCUT2D eigenvalue weighted by molar-refractivity contribution is 7.11. The number of thiazole rings is 1. The number of allylic oxidation sites excluding steroid dienone is 2. The number of likely N-dealkylation sites (tertiary alicyclic amines) is 2. The van der Waals surface area contributed by atoms with Crippen LogP contribution in [0.5, 0.6) is 0 Å². The molecule has 1 aliphatic carbocycles. The van der Waals surface area contributed by atoms with E-state index in [9.17, 15) is 32.7 Å². The molecular formula is C33H42F3N7O5S. The fourth-order valence-corrected chi connectivity index (χ4v) is 8.10. The lowest BCUT2D eigenvalue weighted by Crippen LogP contribution is -2.65. The number of nitrogens with zero attached hydrogens (tertiary/aromatic N) is 6. The molecule has 3 amide bonds. The highest BCUT2D eigenvalue weighted by Crippen LogP contribution is 2.46. The van der Waals surface area contributed by atoms with E-state index in [1.807, 2.05) is 17.1 Å². The Labute approximate surface area is 286 Å². The van der Waals surface area contributed by atoms with Gasteiger partial charge in [-0.1, -0.05) is 12.2 Å². The predicted molar refractivity (Wildman–Crippen MR) is 173 cm³/mol. The number of halogens is 3. The van der Waals surface area contributed by atoms with Gasteiger partial charge in [-0.15, -0.1) is 11.3 Å². The molecule has 5 heterocycles. The predicted octanol–water partition coefficient (Wildman–Crippen LogP) is 2.92. The van der Waals surface area contributed by atoms with Crippen molar-refractivity contribution in [3.63, 3.8) is 0 Å². The molecule has 3 fully saturated rings. The Morgan fingerprint density at radius 2 is 1.86 bits per heavy atom. The van der Waals surface area contributed by atoms with Crippen LogP contribution in [0.4, 0.5) is 19.1 Å². The maximum Gasteiger partial charge on any atom is 0.391 e. The first-order valence-electron chi connectivity index (χ1n) is 16.7. The van der Waals surface area contributed by atoms with Crippen molar-refractivity contribution in [1.29, 1.82) is 0 Å². The standard InChI is InChI=1S/C33H42F3N7O5S/c1-22(48-20-31(19-44)8-3-2-4-9-31)26(29(47)41-12-6-23(7-13-41)33(34,35)36)40-27(45)24-15-42(28(46)25-14-37-21-49-25)16-32(24)17-43(18-32)30-38-10-5-11-39-30/h2-3,5,10-11,14,21-24,26,44H,4,6-9,12-13,15-20H2,1H3,(H,40,45)/t22?,24?,26-,31?/m0/s1. The van der Waals surface area contributed by atoms with E-state index in [0.717, 1.165) is 6.42 Å². The van der Waals surface area contributed by atoms with Gasteiger partial charge in [0.2, 0.25) is 17.8 Å². The summed E-state index contributed by atoms with van der Waals surface area (Å²) in [7, 11) is 0. The number of rotatable bonds is 10. The Bertz CT molecular complexity index is 1500. The van der Waals surface area contributed by atoms with Gasteiger partial charge in [0.25, 0.3) is 5.91 Å². The van der Waals surface area contributed by atoms with Crippen LogP contribution in [0.25, 0.3) is 0 Å². The normalized spacial score (nSPS) is 25.2. The summed E-state index contributed by atoms with van der Waals surface area (Å²) in [6.07, 6.45) is 5.22. The smallest absolute Gasteiger partial charge is 0.391 e. The summed E-state index contributed by atoms with van der Waals surface area (Å²) in [4.78, 5) is 59.9. The first-order chi connectivity index (χ1) is 23.4. The lowest BCUT2D eigenvalue weighted by molar-refractivity contribution is -0.187. The number of aliphatic hydroxyl groups is 1. The van der Waals surface area contributed by atoms with E-state index in [-0.39, 0.29) is 51.6 Å². The van der Waals surface area contributed by atoms with Crippen molar-refractivity contribution in [2.45, 2.75) is 57.3 Å². The average molecular weight is 706 g/mol. The first-order valence-corrected chi connectivity index (χ1v) is 17.5. The summed E-state index contributed by atoms with van der Waals surface area (Å²) in [5, 5.41) is 13.2. The lowest BCUT2D eigenvalue weighted by atomic mass is 9.71. The Morgan fingerprint density at radius 1 is 1.12 bits per heavy atom. The van der Waals surface area contributed by atoms with Gasteiger partial charge in [-0.25, -0.2) is 9.97 Å². The molecule has 4 atom stereocenters. The zero-order valence-electron chi connectivity index (χ0n) is 27.3. The number of hydrogen-bond acceptors (Lipinski definition) is 10. The SMILES string of the molecule is CC(OCC1(CO)CC=CCC1)[C@H](NC(=O)C1CN(C(=O)c2cncs2)CC12CN(c1ncccn1)C2)C(=O)N1CCC(C(F)(F)F)CC1. The van der Waals surface area contributed by atoms with Gasteiger partial charge in [-0.05, 0) is 45.1 Å². The number of aromatic nitrogens is 3. The number of anilines is 1. The van der Waals surface area contributed by atoms with Crippen LogP contribution in [0, 0.1) is 22.7 Å². The maximum atomic E-state index is 14.3. The van der Waals surface area contributed by atoms with E-state index >= 15 is 0 Å². The molecule has 0 saturated carbocycles. The summed E-state index contributed by atoms with van der Waals surface area (Å²) in [6.45, 7) is 2.72. The van der Waals surface area contributed by atoms with Gasteiger partial charge in [0.15, 0.2) is 0 Å². The van der Waals surface area contributed by atoms with Crippen molar-refractivity contribution in [2.75, 3.05) is 57.4 Å². The largest absolute Gasteiger partial charge is 0.396 e. The Morgan fingerprint density at radius 3 is 2.47 bits per heavy atom. The van der Waals surface area contributed by atoms with Crippen LogP contribution in [0.15, 0.2) is 42.3 Å². The van der Waals surface area contributed by atoms with Crippen molar-refractivity contribution < 1.29 is 37.4 Å². The minimum absolute atomic E-state index is 0.0933. The van der Waals surface area contributed by atoms with E-state index in [1.54, 1.807) is 35.8 Å². The summed E-state index contributed by atoms with van der Waals surface area (Å²) in [5.41, 5.74) is 0.385. The van der Waals surface area contributed by atoms with Gasteiger partial charge in [-0.2, -0.15) is 13.2 Å². The molecule has 16 heteroatoms. The van der Waals surface area contributed by atoms with E-state index in [0.29, 0.717) is 43.3 Å². The van der Waals surface area contributed by atoms with E-state index in [4.69, 9.17) is 4.74 Å². The fraction of sp³-hybridized carbons (Fsp3) is 0.636. The monoisotopic (exact) mass is 705 g/mol. The van der Waals surface area contributed by atoms with Crippen molar-refractivity contribution in [3.8, 4) is 0 Å². The number of carbonyl (C=O) groups excluding carboxylic acids is 3. The van der Waals surface area contributed by atoms with E-state index < -0.39 is 52.8 Å². The average Bonchev–Trinajstić information content (AvgIpc) is 3.78. The Balaban J connectivity index is 1.22. The fourth-order valence-electron chi connectivity index (χ4n) is 7.52. The van der Waals surface area contributed by atoms with Crippen LogP contribution in [0.1, 0.15) is 48.7 Å². The van der Waals surface area contributed by atoms with E-state index in [2.05, 4.69) is 20.3 Å². The summed E-state index contributed by atoms with van der Waals surface area (Å²) >= 11 is 1.21. The molecule has 6 rings (SSSR count). The van der Waals surface area contributed by atoms with Gasteiger partial charge in [-0.3, -0.25) is 19.4 Å². The minimum atomic E-state index is -4.34. The molecule has 4 aliphatic rings. The molecule has 266 valence electrons. The summed E-state index contributed by atoms with van der Waals surface area (Å²) in [5.74, 6) is -2.87. The third kappa shape index (κ3) is 7.45. The third-order valence-corrected chi connectivity index (χ3v) is 11.4. The topological polar surface area (TPSA) is 141 Å². The summed E-state index contributed by atoms with van der Waals surface area (Å²) < 4.78 is 46.5. The molecule has 2 aromatic rings. The number of carbonyl (C=O) groups is 3. The number of piperidine rings is 1. The highest BCUT2D eigenvalue weighted by Gasteiger charge is 2.59. The van der Waals surface area contributed by atoms with Crippen LogP contribution in [-0.2, 0) is 14.3 Å². The number of hydrogen-bond donors (Lipinski definition) is 2. The molecule has 12 nitrogen and oxygen atoms in total. The molecule has 1 spiro atoms. The van der Waals surface area contributed by atoms with Crippen LogP contribution >= 0.6 is 11.3 Å². The van der Waals surface area contributed by atoms with Crippen molar-refractivity contribution in [1.82, 2.24) is 30.1 Å². The quantitative estimate of drug-likeness (QED) is 0.357. The first kappa shape index (κ1) is 35.2. The van der Waals surface area contributed by atoms with Crippen molar-refractivity contribution in [2.24, 2.45) is 22.7 Å². The zero-order chi connectivity index (χ0) is 34.8. The number of nitrogens with one attached hydrogen (secondary N) is 1. The van der Waals surface area contributed by atoms with Gasteiger partial charge in [0, 0.05) is 62.5 Å². The molecule has 0 bridgehead atoms. The second-order valence-electron chi connectivity index (χ2n) is 13.9. The minimum Gasteiger partial charge on any atom is -0.396 e. The van der Waals surface area contributed by atoms with Crippen LogP contribution in [-0.4, -0.2) is 118 Å². The molecule has 49 heavy (non-hydrogen) atoms. The Kier molecular flexibility index (Phi) is 10.3. The van der Waals surface area contributed by atoms with Crippen LogP contribution in [0.2, 0.25) is 0 Å². The van der Waals surface area contributed by atoms with Gasteiger partial charge >= 0.3 is 6.18 Å². The molecule has 2 aromatic heterocycles. The van der Waals surface area contributed by atoms with E-state index in [1.165, 1.54) is 22.4 Å². The number of alkyl halides is 3. The van der Waals surface area contributed by atoms with Crippen LogP contribution in [0.3, 0.4) is 0 Å². The summed E-state index contributed by atoms with van der Waals surface area (Å²) in [6, 6.07) is 0.515. The molecular weight excluding hydrogens is 663 g/mol. The number of ether oxygens (including phenoxy) is 1. The molecule has 0 radical (unpaired) electrons. The van der Waals surface area contributed by atoms with Crippen molar-refractivity contribution in [3.05, 3.63) is 47.2 Å². The molecule has 3 aliphatic heterocycles. The maximum absolute atomic E-state index is 14.3. The third-order valence-electron chi connectivity index (χ3n) is 10.6. The Hall–Kier alpha value is -3.63. The second kappa shape index (κ2) is 14.3. The molecule has 3 unspecified atom stereocenters. The highest BCUT2D eigenvalue weighted by atomic mass is 32.1. The lowest BCUT2D eigenvalue weighted by Gasteiger charge is -2.50. The van der Waals surface area contributed by atoms with Gasteiger partial charge in [0.05, 0.1) is 42.9 Å². The molecule has 3 saturated heterocycles. The number of aliphatic hydroxyl groups excluding tert-OH is 1. The van der Waals surface area contributed by atoms with Gasteiger partial charge in [0.1, 0.15) is 10.9 Å². The van der Waals surface area contributed by atoms with Crippen molar-refractivity contribution >= 4 is 35.0 Å². The van der Waals surface area contributed by atoms with Crippen LogP contribution < -0.4 is 10.2 Å².